The maximum absolute atomic E-state index is 10.0. The highest BCUT2D eigenvalue weighted by atomic mass is 16.3. The van der Waals surface area contributed by atoms with Gasteiger partial charge in [-0.25, -0.2) is 0 Å². The van der Waals surface area contributed by atoms with Crippen LogP contribution in [0.25, 0.3) is 10.4 Å². The Morgan fingerprint density at radius 1 is 1.33 bits per heavy atom. The molecule has 2 unspecified atom stereocenters. The summed E-state index contributed by atoms with van der Waals surface area (Å²) in [5, 5.41) is 23.1. The number of nitrogen functional groups attached to an aromatic ring is 1. The highest BCUT2D eigenvalue weighted by Gasteiger charge is 2.18. The first-order valence-corrected chi connectivity index (χ1v) is 5.71. The lowest BCUT2D eigenvalue weighted by Crippen LogP contribution is -2.19. The fraction of sp³-hybridized carbons (Fsp3) is 0.500. The zero-order valence-electron chi connectivity index (χ0n) is 10.5. The SMILES string of the molecule is Cc1cc(C(O)C(O)CCN=[N+]=[N-])cc(C)c1N. The number of aliphatic hydroxyl groups excluding tert-OH is 2. The van der Waals surface area contributed by atoms with E-state index in [2.05, 4.69) is 10.0 Å². The van der Waals surface area contributed by atoms with Gasteiger partial charge < -0.3 is 15.9 Å². The van der Waals surface area contributed by atoms with E-state index in [9.17, 15) is 10.2 Å². The Bertz CT molecular complexity index is 446. The molecule has 1 aromatic rings. The number of hydrogen-bond donors (Lipinski definition) is 3. The Morgan fingerprint density at radius 2 is 1.89 bits per heavy atom. The molecular weight excluding hydrogens is 232 g/mol. The Kier molecular flexibility index (Phi) is 4.97. The van der Waals surface area contributed by atoms with Gasteiger partial charge in [-0.3, -0.25) is 0 Å². The molecular formula is C12H18N4O2. The van der Waals surface area contributed by atoms with Crippen molar-refractivity contribution in [3.8, 4) is 0 Å². The predicted molar refractivity (Wildman–Crippen MR) is 69.9 cm³/mol. The van der Waals surface area contributed by atoms with Crippen LogP contribution in [-0.2, 0) is 0 Å². The van der Waals surface area contributed by atoms with Crippen molar-refractivity contribution in [2.24, 2.45) is 5.11 Å². The molecule has 0 heterocycles. The van der Waals surface area contributed by atoms with Gasteiger partial charge in [0.15, 0.2) is 0 Å². The molecule has 0 aromatic heterocycles. The standard InChI is InChI=1S/C12H18N4O2/c1-7-5-9(6-8(2)11(7)13)12(18)10(17)3-4-15-16-14/h5-6,10,12,17-18H,3-4,13H2,1-2H3. The first kappa shape index (κ1) is 14.3. The second-order valence-electron chi connectivity index (χ2n) is 4.32. The average molecular weight is 250 g/mol. The molecule has 0 saturated heterocycles. The highest BCUT2D eigenvalue weighted by Crippen LogP contribution is 2.25. The molecule has 0 saturated carbocycles. The minimum absolute atomic E-state index is 0.154. The number of aryl methyl sites for hydroxylation is 2. The smallest absolute Gasteiger partial charge is 0.105 e. The lowest BCUT2D eigenvalue weighted by molar-refractivity contribution is 0.0150. The van der Waals surface area contributed by atoms with Crippen molar-refractivity contribution in [2.75, 3.05) is 12.3 Å². The Balaban J connectivity index is 2.83. The molecule has 0 radical (unpaired) electrons. The topological polar surface area (TPSA) is 115 Å². The van der Waals surface area contributed by atoms with Crippen LogP contribution in [0.2, 0.25) is 0 Å². The summed E-state index contributed by atoms with van der Waals surface area (Å²) >= 11 is 0. The second kappa shape index (κ2) is 6.26. The van der Waals surface area contributed by atoms with Crippen molar-refractivity contribution in [1.29, 1.82) is 0 Å². The minimum atomic E-state index is -1.00. The van der Waals surface area contributed by atoms with E-state index in [1.165, 1.54) is 0 Å². The summed E-state index contributed by atoms with van der Waals surface area (Å²) in [4.78, 5) is 2.60. The number of anilines is 1. The van der Waals surface area contributed by atoms with Gasteiger partial charge in [-0.15, -0.1) is 0 Å². The van der Waals surface area contributed by atoms with E-state index in [-0.39, 0.29) is 13.0 Å². The highest BCUT2D eigenvalue weighted by molar-refractivity contribution is 5.54. The van der Waals surface area contributed by atoms with Gasteiger partial charge in [0.25, 0.3) is 0 Å². The predicted octanol–water partition coefficient (Wildman–Crippen LogP) is 1.98. The van der Waals surface area contributed by atoms with Gasteiger partial charge in [0.2, 0.25) is 0 Å². The number of azide groups is 1. The van der Waals surface area contributed by atoms with Crippen molar-refractivity contribution in [2.45, 2.75) is 32.5 Å². The first-order chi connectivity index (χ1) is 8.47. The van der Waals surface area contributed by atoms with Gasteiger partial charge in [0.1, 0.15) is 6.10 Å². The number of benzene rings is 1. The van der Waals surface area contributed by atoms with Crippen LogP contribution in [-0.4, -0.2) is 22.9 Å². The Morgan fingerprint density at radius 3 is 2.39 bits per heavy atom. The largest absolute Gasteiger partial charge is 0.398 e. The lowest BCUT2D eigenvalue weighted by atomic mass is 9.97. The number of aliphatic hydroxyl groups is 2. The fourth-order valence-corrected chi connectivity index (χ4v) is 1.79. The average Bonchev–Trinajstić information content (AvgIpc) is 2.34. The Hall–Kier alpha value is -1.75. The van der Waals surface area contributed by atoms with Crippen LogP contribution in [0.15, 0.2) is 17.2 Å². The number of rotatable bonds is 5. The van der Waals surface area contributed by atoms with Gasteiger partial charge in [-0.1, -0.05) is 17.2 Å². The number of nitrogens with two attached hydrogens (primary N) is 1. The van der Waals surface area contributed by atoms with E-state index >= 15 is 0 Å². The van der Waals surface area contributed by atoms with Crippen LogP contribution in [0.1, 0.15) is 29.2 Å². The van der Waals surface area contributed by atoms with E-state index in [0.29, 0.717) is 11.3 Å². The van der Waals surface area contributed by atoms with Crippen molar-refractivity contribution in [3.63, 3.8) is 0 Å². The third-order valence-electron chi connectivity index (χ3n) is 2.91. The molecule has 0 amide bonds. The molecule has 6 nitrogen and oxygen atoms in total. The molecule has 0 aliphatic carbocycles. The molecule has 6 heteroatoms. The van der Waals surface area contributed by atoms with Gasteiger partial charge in [0.05, 0.1) is 6.10 Å². The molecule has 0 bridgehead atoms. The van der Waals surface area contributed by atoms with Crippen molar-refractivity contribution >= 4 is 5.69 Å². The molecule has 0 aliphatic heterocycles. The quantitative estimate of drug-likeness (QED) is 0.321. The summed E-state index contributed by atoms with van der Waals surface area (Å²) in [5.74, 6) is 0. The molecule has 18 heavy (non-hydrogen) atoms. The summed E-state index contributed by atoms with van der Waals surface area (Å²) in [7, 11) is 0. The molecule has 0 aliphatic rings. The maximum atomic E-state index is 10.0. The van der Waals surface area contributed by atoms with Crippen LogP contribution in [0, 0.1) is 13.8 Å². The van der Waals surface area contributed by atoms with Gasteiger partial charge in [-0.2, -0.15) is 0 Å². The molecule has 4 N–H and O–H groups in total. The first-order valence-electron chi connectivity index (χ1n) is 5.71. The summed E-state index contributed by atoms with van der Waals surface area (Å²) in [6, 6.07) is 3.51. The summed E-state index contributed by atoms with van der Waals surface area (Å²) in [6.45, 7) is 3.86. The molecule has 1 rings (SSSR count). The van der Waals surface area contributed by atoms with E-state index in [1.54, 1.807) is 12.1 Å². The summed E-state index contributed by atoms with van der Waals surface area (Å²) < 4.78 is 0. The second-order valence-corrected chi connectivity index (χ2v) is 4.32. The van der Waals surface area contributed by atoms with Gasteiger partial charge in [0, 0.05) is 17.1 Å². The van der Waals surface area contributed by atoms with Crippen LogP contribution in [0.4, 0.5) is 5.69 Å². The lowest BCUT2D eigenvalue weighted by Gasteiger charge is -2.19. The van der Waals surface area contributed by atoms with Gasteiger partial charge in [-0.05, 0) is 42.5 Å². The van der Waals surface area contributed by atoms with E-state index < -0.39 is 12.2 Å². The van der Waals surface area contributed by atoms with Crippen LogP contribution >= 0.6 is 0 Å². The third kappa shape index (κ3) is 3.37. The van der Waals surface area contributed by atoms with Crippen LogP contribution in [0.5, 0.6) is 0 Å². The fourth-order valence-electron chi connectivity index (χ4n) is 1.79. The summed E-state index contributed by atoms with van der Waals surface area (Å²) in [6.07, 6.45) is -1.75. The molecule has 0 fully saturated rings. The van der Waals surface area contributed by atoms with E-state index in [4.69, 9.17) is 11.3 Å². The monoisotopic (exact) mass is 250 g/mol. The van der Waals surface area contributed by atoms with Crippen LogP contribution < -0.4 is 5.73 Å². The molecule has 1 aromatic carbocycles. The van der Waals surface area contributed by atoms with Crippen LogP contribution in [0.3, 0.4) is 0 Å². The molecule has 98 valence electrons. The normalized spacial score (nSPS) is 13.8. The molecule has 0 spiro atoms. The third-order valence-corrected chi connectivity index (χ3v) is 2.91. The Labute approximate surface area is 106 Å². The number of nitrogens with zero attached hydrogens (tertiary/aromatic N) is 3. The maximum Gasteiger partial charge on any atom is 0.105 e. The number of hydrogen-bond acceptors (Lipinski definition) is 4. The van der Waals surface area contributed by atoms with E-state index in [0.717, 1.165) is 11.1 Å². The van der Waals surface area contributed by atoms with Crippen molar-refractivity contribution in [1.82, 2.24) is 0 Å². The zero-order chi connectivity index (χ0) is 13.7. The van der Waals surface area contributed by atoms with E-state index in [1.807, 2.05) is 13.8 Å². The zero-order valence-corrected chi connectivity index (χ0v) is 10.5. The minimum Gasteiger partial charge on any atom is -0.398 e. The summed E-state index contributed by atoms with van der Waals surface area (Å²) in [5.41, 5.74) is 17.0. The van der Waals surface area contributed by atoms with Crippen molar-refractivity contribution in [3.05, 3.63) is 39.3 Å². The van der Waals surface area contributed by atoms with Crippen molar-refractivity contribution < 1.29 is 10.2 Å². The molecule has 2 atom stereocenters. The van der Waals surface area contributed by atoms with Gasteiger partial charge >= 0.3 is 0 Å².